The molecule has 1 aromatic heterocycles. The van der Waals surface area contributed by atoms with Gasteiger partial charge in [-0.3, -0.25) is 9.78 Å². The fourth-order valence-corrected chi connectivity index (χ4v) is 3.78. The molecule has 0 N–H and O–H groups in total. The van der Waals surface area contributed by atoms with E-state index in [2.05, 4.69) is 9.88 Å². The molecule has 0 spiro atoms. The van der Waals surface area contributed by atoms with Crippen molar-refractivity contribution in [3.05, 3.63) is 72.4 Å². The molecule has 164 valence electrons. The average Bonchev–Trinajstić information content (AvgIpc) is 2.86. The maximum atomic E-state index is 12.5. The molecule has 1 saturated heterocycles. The van der Waals surface area contributed by atoms with Crippen LogP contribution in [-0.4, -0.2) is 61.7 Å². The van der Waals surface area contributed by atoms with E-state index < -0.39 is 5.97 Å². The van der Waals surface area contributed by atoms with E-state index in [4.69, 9.17) is 9.47 Å². The molecule has 0 bridgehead atoms. The van der Waals surface area contributed by atoms with E-state index in [9.17, 15) is 9.59 Å². The quantitative estimate of drug-likeness (QED) is 0.441. The lowest BCUT2D eigenvalue weighted by molar-refractivity contribution is -0.148. The molecule has 1 amide bonds. The highest BCUT2D eigenvalue weighted by Gasteiger charge is 2.23. The lowest BCUT2D eigenvalue weighted by Gasteiger charge is -2.36. The number of carbonyl (C=O) groups excluding carboxylic acids is 2. The zero-order valence-corrected chi connectivity index (χ0v) is 17.9. The number of anilines is 1. The maximum absolute atomic E-state index is 12.5. The SMILES string of the molecule is COc1ccccc1N1CCN(C(=O)COC(=O)/C=C/c2cccc3cccnc23)CC1. The van der Waals surface area contributed by atoms with Gasteiger partial charge in [0.2, 0.25) is 0 Å². The van der Waals surface area contributed by atoms with Crippen molar-refractivity contribution in [3.8, 4) is 5.75 Å². The van der Waals surface area contributed by atoms with Crippen LogP contribution in [0.3, 0.4) is 0 Å². The lowest BCUT2D eigenvalue weighted by Crippen LogP contribution is -2.50. The third-order valence-corrected chi connectivity index (χ3v) is 5.46. The van der Waals surface area contributed by atoms with Crippen LogP contribution in [0.15, 0.2) is 66.9 Å². The number of pyridine rings is 1. The van der Waals surface area contributed by atoms with Gasteiger partial charge in [-0.15, -0.1) is 0 Å². The summed E-state index contributed by atoms with van der Waals surface area (Å²) in [6, 6.07) is 17.4. The molecular formula is C25H25N3O4. The minimum Gasteiger partial charge on any atom is -0.495 e. The predicted octanol–water partition coefficient (Wildman–Crippen LogP) is 3.15. The van der Waals surface area contributed by atoms with Crippen LogP contribution in [0.1, 0.15) is 5.56 Å². The van der Waals surface area contributed by atoms with Gasteiger partial charge in [-0.05, 0) is 24.3 Å². The Morgan fingerprint density at radius 1 is 1.00 bits per heavy atom. The number of piperazine rings is 1. The number of hydrogen-bond donors (Lipinski definition) is 0. The Morgan fingerprint density at radius 3 is 2.59 bits per heavy atom. The van der Waals surface area contributed by atoms with Gasteiger partial charge in [0.15, 0.2) is 6.61 Å². The third kappa shape index (κ3) is 4.88. The zero-order valence-electron chi connectivity index (χ0n) is 17.9. The van der Waals surface area contributed by atoms with Gasteiger partial charge in [0.05, 0.1) is 18.3 Å². The second-order valence-electron chi connectivity index (χ2n) is 7.40. The lowest BCUT2D eigenvalue weighted by atomic mass is 10.1. The Balaban J connectivity index is 1.28. The number of ether oxygens (including phenoxy) is 2. The highest BCUT2D eigenvalue weighted by atomic mass is 16.5. The molecule has 2 aromatic carbocycles. The van der Waals surface area contributed by atoms with Gasteiger partial charge in [-0.1, -0.05) is 36.4 Å². The summed E-state index contributed by atoms with van der Waals surface area (Å²) in [7, 11) is 1.65. The number of aromatic nitrogens is 1. The number of esters is 1. The molecule has 32 heavy (non-hydrogen) atoms. The topological polar surface area (TPSA) is 72.0 Å². The van der Waals surface area contributed by atoms with E-state index in [-0.39, 0.29) is 12.5 Å². The first-order chi connectivity index (χ1) is 15.7. The average molecular weight is 431 g/mol. The summed E-state index contributed by atoms with van der Waals surface area (Å²) >= 11 is 0. The van der Waals surface area contributed by atoms with Crippen molar-refractivity contribution >= 4 is 34.5 Å². The number of para-hydroxylation sites is 3. The normalized spacial score (nSPS) is 14.0. The number of carbonyl (C=O) groups is 2. The molecule has 2 heterocycles. The number of methoxy groups -OCH3 is 1. The van der Waals surface area contributed by atoms with E-state index in [0.717, 1.165) is 27.9 Å². The largest absolute Gasteiger partial charge is 0.495 e. The summed E-state index contributed by atoms with van der Waals surface area (Å²) in [6.07, 6.45) is 4.70. The van der Waals surface area contributed by atoms with Gasteiger partial charge in [0.1, 0.15) is 5.75 Å². The fraction of sp³-hybridized carbons (Fsp3) is 0.240. The highest BCUT2D eigenvalue weighted by molar-refractivity contribution is 5.93. The van der Waals surface area contributed by atoms with Crippen LogP contribution in [-0.2, 0) is 14.3 Å². The Morgan fingerprint density at radius 2 is 1.78 bits per heavy atom. The summed E-state index contributed by atoms with van der Waals surface area (Å²) in [5.41, 5.74) is 2.64. The van der Waals surface area contributed by atoms with E-state index in [1.54, 1.807) is 24.3 Å². The summed E-state index contributed by atoms with van der Waals surface area (Å²) < 4.78 is 10.6. The Kier molecular flexibility index (Phi) is 6.65. The molecule has 0 radical (unpaired) electrons. The van der Waals surface area contributed by atoms with Gasteiger partial charge in [0, 0.05) is 49.4 Å². The molecule has 0 atom stereocenters. The number of fused-ring (bicyclic) bond motifs is 1. The maximum Gasteiger partial charge on any atom is 0.331 e. The molecule has 7 heteroatoms. The molecule has 1 aliphatic heterocycles. The molecule has 4 rings (SSSR count). The van der Waals surface area contributed by atoms with Crippen LogP contribution in [0.25, 0.3) is 17.0 Å². The van der Waals surface area contributed by atoms with Crippen LogP contribution >= 0.6 is 0 Å². The molecule has 0 unspecified atom stereocenters. The van der Waals surface area contributed by atoms with Crippen molar-refractivity contribution in [1.82, 2.24) is 9.88 Å². The van der Waals surface area contributed by atoms with E-state index in [1.165, 1.54) is 6.08 Å². The molecule has 1 fully saturated rings. The smallest absolute Gasteiger partial charge is 0.331 e. The van der Waals surface area contributed by atoms with Crippen LogP contribution in [0, 0.1) is 0 Å². The third-order valence-electron chi connectivity index (χ3n) is 5.46. The molecule has 7 nitrogen and oxygen atoms in total. The molecule has 3 aromatic rings. The van der Waals surface area contributed by atoms with Crippen LogP contribution < -0.4 is 9.64 Å². The fourth-order valence-electron chi connectivity index (χ4n) is 3.78. The number of benzene rings is 2. The van der Waals surface area contributed by atoms with Crippen LogP contribution in [0.2, 0.25) is 0 Å². The first-order valence-electron chi connectivity index (χ1n) is 10.5. The molecule has 1 aliphatic rings. The number of hydrogen-bond acceptors (Lipinski definition) is 6. The predicted molar refractivity (Wildman–Crippen MR) is 124 cm³/mol. The van der Waals surface area contributed by atoms with Crippen LogP contribution in [0.5, 0.6) is 5.75 Å². The summed E-state index contributed by atoms with van der Waals surface area (Å²) in [4.78, 5) is 32.9. The standard InChI is InChI=1S/C25H25N3O4/c1-31-22-10-3-2-9-21(22)27-14-16-28(17-15-27)23(29)18-32-24(30)12-11-20-7-4-6-19-8-5-13-26-25(19)20/h2-13H,14-18H2,1H3/b12-11+. The monoisotopic (exact) mass is 431 g/mol. The Bertz CT molecular complexity index is 1130. The van der Waals surface area contributed by atoms with Crippen LogP contribution in [0.4, 0.5) is 5.69 Å². The van der Waals surface area contributed by atoms with Gasteiger partial charge in [-0.2, -0.15) is 0 Å². The Labute approximate surface area is 186 Å². The summed E-state index contributed by atoms with van der Waals surface area (Å²) in [5.74, 6) is 0.0617. The van der Waals surface area contributed by atoms with E-state index in [1.807, 2.05) is 54.6 Å². The molecule has 0 aliphatic carbocycles. The first-order valence-corrected chi connectivity index (χ1v) is 10.5. The summed E-state index contributed by atoms with van der Waals surface area (Å²) in [5, 5.41) is 0.991. The second kappa shape index (κ2) is 9.96. The van der Waals surface area contributed by atoms with Crippen molar-refractivity contribution in [1.29, 1.82) is 0 Å². The minimum atomic E-state index is -0.557. The van der Waals surface area contributed by atoms with Gasteiger partial charge >= 0.3 is 5.97 Å². The number of rotatable bonds is 6. The van der Waals surface area contributed by atoms with Gasteiger partial charge in [-0.25, -0.2) is 4.79 Å². The van der Waals surface area contributed by atoms with Gasteiger partial charge in [0.25, 0.3) is 5.91 Å². The van der Waals surface area contributed by atoms with Crippen molar-refractivity contribution in [2.75, 3.05) is 44.8 Å². The van der Waals surface area contributed by atoms with E-state index in [0.29, 0.717) is 26.2 Å². The second-order valence-corrected chi connectivity index (χ2v) is 7.40. The first kappa shape index (κ1) is 21.4. The number of amides is 1. The van der Waals surface area contributed by atoms with Crippen molar-refractivity contribution < 1.29 is 19.1 Å². The van der Waals surface area contributed by atoms with Gasteiger partial charge < -0.3 is 19.3 Å². The summed E-state index contributed by atoms with van der Waals surface area (Å²) in [6.45, 7) is 2.23. The number of nitrogens with zero attached hydrogens (tertiary/aromatic N) is 3. The molecular weight excluding hydrogens is 406 g/mol. The highest BCUT2D eigenvalue weighted by Crippen LogP contribution is 2.28. The van der Waals surface area contributed by atoms with Crippen molar-refractivity contribution in [3.63, 3.8) is 0 Å². The minimum absolute atomic E-state index is 0.196. The van der Waals surface area contributed by atoms with Crippen molar-refractivity contribution in [2.45, 2.75) is 0 Å². The Hall–Kier alpha value is -3.87. The van der Waals surface area contributed by atoms with E-state index >= 15 is 0 Å². The molecule has 0 saturated carbocycles. The zero-order chi connectivity index (χ0) is 22.3. The van der Waals surface area contributed by atoms with Crippen molar-refractivity contribution in [2.24, 2.45) is 0 Å².